The predicted molar refractivity (Wildman–Crippen MR) is 61.7 cm³/mol. The van der Waals surface area contributed by atoms with E-state index in [1.165, 1.54) is 0 Å². The van der Waals surface area contributed by atoms with Crippen molar-refractivity contribution >= 4 is 17.6 Å². The zero-order valence-corrected chi connectivity index (χ0v) is 9.50. The Bertz CT molecular complexity index is 348. The Kier molecular flexibility index (Phi) is 5.08. The van der Waals surface area contributed by atoms with Crippen LogP contribution in [0.2, 0.25) is 5.02 Å². The number of carbonyl (C=O) groups is 1. The molecular formula is C11H14ClNO3. The Morgan fingerprint density at radius 2 is 2.19 bits per heavy atom. The van der Waals surface area contributed by atoms with Gasteiger partial charge in [-0.15, -0.1) is 0 Å². The van der Waals surface area contributed by atoms with Crippen molar-refractivity contribution in [3.05, 3.63) is 28.8 Å². The lowest BCUT2D eigenvalue weighted by Gasteiger charge is -2.07. The lowest BCUT2D eigenvalue weighted by atomic mass is 10.2. The molecule has 1 rings (SSSR count). The van der Waals surface area contributed by atoms with E-state index in [1.54, 1.807) is 18.2 Å². The summed E-state index contributed by atoms with van der Waals surface area (Å²) in [5.74, 6) is -0.652. The average Bonchev–Trinajstić information content (AvgIpc) is 2.21. The van der Waals surface area contributed by atoms with Gasteiger partial charge in [0.15, 0.2) is 0 Å². The summed E-state index contributed by atoms with van der Waals surface area (Å²) < 4.78 is 0. The summed E-state index contributed by atoms with van der Waals surface area (Å²) in [7, 11) is 0. The molecule has 0 heterocycles. The predicted octanol–water partition coefficient (Wildman–Crippen LogP) is 2.00. The van der Waals surface area contributed by atoms with Crippen LogP contribution in [0.5, 0.6) is 5.75 Å². The summed E-state index contributed by atoms with van der Waals surface area (Å²) in [5, 5.41) is 21.5. The first-order chi connectivity index (χ1) is 7.61. The molecule has 3 N–H and O–H groups in total. The number of aliphatic carboxylic acids is 1. The van der Waals surface area contributed by atoms with Gasteiger partial charge < -0.3 is 15.5 Å². The Morgan fingerprint density at radius 1 is 1.44 bits per heavy atom. The molecule has 0 spiro atoms. The van der Waals surface area contributed by atoms with Gasteiger partial charge >= 0.3 is 5.97 Å². The number of hydrogen-bond acceptors (Lipinski definition) is 3. The van der Waals surface area contributed by atoms with Crippen LogP contribution in [0, 0.1) is 0 Å². The fourth-order valence-electron chi connectivity index (χ4n) is 1.30. The number of phenols is 1. The maximum atomic E-state index is 10.3. The molecule has 4 nitrogen and oxygen atoms in total. The lowest BCUT2D eigenvalue weighted by Crippen LogP contribution is -2.16. The van der Waals surface area contributed by atoms with E-state index in [0.717, 1.165) is 0 Å². The summed E-state index contributed by atoms with van der Waals surface area (Å²) >= 11 is 5.90. The fraction of sp³-hybridized carbons (Fsp3) is 0.364. The van der Waals surface area contributed by atoms with E-state index in [2.05, 4.69) is 5.32 Å². The standard InChI is InChI=1S/C11H14ClNO3/c12-9-3-1-4-10(14)8(9)7-13-6-2-5-11(15)16/h1,3-4,13-14H,2,5-7H2,(H,15,16). The molecule has 0 radical (unpaired) electrons. The average molecular weight is 244 g/mol. The molecule has 1 aromatic rings. The van der Waals surface area contributed by atoms with Gasteiger partial charge in [0.2, 0.25) is 0 Å². The molecule has 0 fully saturated rings. The number of halogens is 1. The Labute approximate surface area is 98.9 Å². The van der Waals surface area contributed by atoms with E-state index >= 15 is 0 Å². The van der Waals surface area contributed by atoms with E-state index in [1.807, 2.05) is 0 Å². The van der Waals surface area contributed by atoms with Crippen molar-refractivity contribution in [1.29, 1.82) is 0 Å². The van der Waals surface area contributed by atoms with Crippen molar-refractivity contribution < 1.29 is 15.0 Å². The Balaban J connectivity index is 2.34. The molecule has 16 heavy (non-hydrogen) atoms. The maximum Gasteiger partial charge on any atom is 0.303 e. The normalized spacial score (nSPS) is 10.3. The zero-order valence-electron chi connectivity index (χ0n) is 8.74. The van der Waals surface area contributed by atoms with Gasteiger partial charge in [-0.3, -0.25) is 4.79 Å². The van der Waals surface area contributed by atoms with E-state index in [9.17, 15) is 9.90 Å². The van der Waals surface area contributed by atoms with Crippen molar-refractivity contribution in [2.75, 3.05) is 6.54 Å². The minimum atomic E-state index is -0.803. The summed E-state index contributed by atoms with van der Waals surface area (Å²) in [5.41, 5.74) is 0.638. The third kappa shape index (κ3) is 4.08. The third-order valence-corrected chi connectivity index (χ3v) is 2.49. The van der Waals surface area contributed by atoms with E-state index in [0.29, 0.717) is 30.1 Å². The van der Waals surface area contributed by atoms with Crippen molar-refractivity contribution in [1.82, 2.24) is 5.32 Å². The third-order valence-electron chi connectivity index (χ3n) is 2.14. The fourth-order valence-corrected chi connectivity index (χ4v) is 1.54. The number of carboxylic acids is 1. The maximum absolute atomic E-state index is 10.3. The molecule has 0 saturated carbocycles. The number of aromatic hydroxyl groups is 1. The highest BCUT2D eigenvalue weighted by molar-refractivity contribution is 6.31. The first-order valence-corrected chi connectivity index (χ1v) is 5.38. The van der Waals surface area contributed by atoms with Crippen LogP contribution in [0.25, 0.3) is 0 Å². The van der Waals surface area contributed by atoms with Gasteiger partial charge in [0, 0.05) is 23.6 Å². The van der Waals surface area contributed by atoms with Crippen LogP contribution in [0.15, 0.2) is 18.2 Å². The first kappa shape index (κ1) is 12.8. The van der Waals surface area contributed by atoms with E-state index in [-0.39, 0.29) is 12.2 Å². The highest BCUT2D eigenvalue weighted by Gasteiger charge is 2.05. The number of rotatable bonds is 6. The molecule has 5 heteroatoms. The smallest absolute Gasteiger partial charge is 0.303 e. The van der Waals surface area contributed by atoms with Gasteiger partial charge in [-0.2, -0.15) is 0 Å². The summed E-state index contributed by atoms with van der Waals surface area (Å²) in [6.45, 7) is 1.02. The van der Waals surface area contributed by atoms with Gasteiger partial charge in [-0.25, -0.2) is 0 Å². The van der Waals surface area contributed by atoms with Crippen molar-refractivity contribution in [3.8, 4) is 5.75 Å². The van der Waals surface area contributed by atoms with Gasteiger partial charge in [0.1, 0.15) is 5.75 Å². The highest BCUT2D eigenvalue weighted by Crippen LogP contribution is 2.24. The summed E-state index contributed by atoms with van der Waals surface area (Å²) in [4.78, 5) is 10.3. The molecule has 0 bridgehead atoms. The molecule has 0 aliphatic carbocycles. The Hall–Kier alpha value is -1.26. The number of phenolic OH excluding ortho intramolecular Hbond substituents is 1. The van der Waals surface area contributed by atoms with Crippen LogP contribution >= 0.6 is 11.6 Å². The number of benzene rings is 1. The van der Waals surface area contributed by atoms with Gasteiger partial charge in [0.25, 0.3) is 0 Å². The van der Waals surface area contributed by atoms with Crippen LogP contribution in [0.3, 0.4) is 0 Å². The first-order valence-electron chi connectivity index (χ1n) is 5.00. The molecule has 0 aromatic heterocycles. The Morgan fingerprint density at radius 3 is 2.81 bits per heavy atom. The molecule has 0 amide bonds. The van der Waals surface area contributed by atoms with Crippen LogP contribution in [0.4, 0.5) is 0 Å². The minimum absolute atomic E-state index is 0.140. The SMILES string of the molecule is O=C(O)CCCNCc1c(O)cccc1Cl. The number of nitrogens with one attached hydrogen (secondary N) is 1. The number of carboxylic acid groups (broad SMARTS) is 1. The second-order valence-electron chi connectivity index (χ2n) is 3.41. The summed E-state index contributed by atoms with van der Waals surface area (Å²) in [6.07, 6.45) is 0.696. The molecule has 88 valence electrons. The van der Waals surface area contributed by atoms with Crippen LogP contribution in [-0.2, 0) is 11.3 Å². The lowest BCUT2D eigenvalue weighted by molar-refractivity contribution is -0.137. The van der Waals surface area contributed by atoms with Gasteiger partial charge in [-0.05, 0) is 25.1 Å². The largest absolute Gasteiger partial charge is 0.508 e. The molecular weight excluding hydrogens is 230 g/mol. The molecule has 0 unspecified atom stereocenters. The number of hydrogen-bond donors (Lipinski definition) is 3. The molecule has 1 aromatic carbocycles. The zero-order chi connectivity index (χ0) is 12.0. The van der Waals surface area contributed by atoms with Crippen LogP contribution in [-0.4, -0.2) is 22.7 Å². The molecule has 0 saturated heterocycles. The van der Waals surface area contributed by atoms with Gasteiger partial charge in [-0.1, -0.05) is 17.7 Å². The topological polar surface area (TPSA) is 69.6 Å². The molecule has 0 aliphatic heterocycles. The van der Waals surface area contributed by atoms with E-state index in [4.69, 9.17) is 16.7 Å². The second kappa shape index (κ2) is 6.35. The second-order valence-corrected chi connectivity index (χ2v) is 3.82. The minimum Gasteiger partial charge on any atom is -0.508 e. The van der Waals surface area contributed by atoms with Gasteiger partial charge in [0.05, 0.1) is 0 Å². The van der Waals surface area contributed by atoms with Crippen molar-refractivity contribution in [2.24, 2.45) is 0 Å². The van der Waals surface area contributed by atoms with Crippen LogP contribution < -0.4 is 5.32 Å². The highest BCUT2D eigenvalue weighted by atomic mass is 35.5. The molecule has 0 aliphatic rings. The monoisotopic (exact) mass is 243 g/mol. The van der Waals surface area contributed by atoms with Crippen LogP contribution in [0.1, 0.15) is 18.4 Å². The van der Waals surface area contributed by atoms with Crippen molar-refractivity contribution in [2.45, 2.75) is 19.4 Å². The van der Waals surface area contributed by atoms with E-state index < -0.39 is 5.97 Å². The summed E-state index contributed by atoms with van der Waals surface area (Å²) in [6, 6.07) is 4.95. The van der Waals surface area contributed by atoms with Crippen molar-refractivity contribution in [3.63, 3.8) is 0 Å². The molecule has 0 atom stereocenters. The quantitative estimate of drug-likeness (QED) is 0.669.